The topological polar surface area (TPSA) is 74.2 Å². The summed E-state index contributed by atoms with van der Waals surface area (Å²) < 4.78 is 0. The molecule has 1 fully saturated rings. The van der Waals surface area contributed by atoms with Crippen LogP contribution in [0.4, 0.5) is 17.5 Å². The van der Waals surface area contributed by atoms with Crippen molar-refractivity contribution in [3.63, 3.8) is 0 Å². The zero-order chi connectivity index (χ0) is 22.5. The van der Waals surface area contributed by atoms with Crippen molar-refractivity contribution in [2.24, 2.45) is 0 Å². The van der Waals surface area contributed by atoms with Crippen molar-refractivity contribution in [2.75, 3.05) is 41.3 Å². The number of nitrogens with one attached hydrogen (secondary N) is 1. The number of hydrogen-bond acceptors (Lipinski definition) is 6. The highest BCUT2D eigenvalue weighted by Crippen LogP contribution is 2.20. The van der Waals surface area contributed by atoms with E-state index in [4.69, 9.17) is 0 Å². The molecular formula is C26H24N6O. The zero-order valence-corrected chi connectivity index (χ0v) is 18.1. The van der Waals surface area contributed by atoms with E-state index >= 15 is 0 Å². The maximum Gasteiger partial charge on any atom is 0.255 e. The monoisotopic (exact) mass is 436 g/mol. The number of amides is 1. The molecule has 3 heterocycles. The van der Waals surface area contributed by atoms with Gasteiger partial charge in [-0.25, -0.2) is 15.0 Å². The van der Waals surface area contributed by atoms with E-state index in [-0.39, 0.29) is 5.91 Å². The van der Waals surface area contributed by atoms with E-state index in [1.807, 2.05) is 79.0 Å². The third-order valence-corrected chi connectivity index (χ3v) is 5.69. The highest BCUT2D eigenvalue weighted by Gasteiger charge is 2.20. The molecule has 0 bridgehead atoms. The lowest BCUT2D eigenvalue weighted by Gasteiger charge is -2.35. The van der Waals surface area contributed by atoms with E-state index in [1.165, 1.54) is 0 Å². The Bertz CT molecular complexity index is 1190. The summed E-state index contributed by atoms with van der Waals surface area (Å²) in [4.78, 5) is 30.4. The molecular weight excluding hydrogens is 412 g/mol. The molecule has 2 aromatic heterocycles. The Kier molecular flexibility index (Phi) is 5.93. The maximum absolute atomic E-state index is 12.6. The molecule has 4 aromatic rings. The minimum atomic E-state index is -0.185. The molecule has 1 saturated heterocycles. The Balaban J connectivity index is 1.18. The molecule has 7 heteroatoms. The molecule has 0 radical (unpaired) electrons. The second-order valence-corrected chi connectivity index (χ2v) is 7.83. The highest BCUT2D eigenvalue weighted by atomic mass is 16.1. The molecule has 2 aromatic carbocycles. The molecule has 164 valence electrons. The Hall–Kier alpha value is -4.26. The van der Waals surface area contributed by atoms with Crippen molar-refractivity contribution in [3.8, 4) is 11.1 Å². The first-order valence-electron chi connectivity index (χ1n) is 11.0. The molecule has 1 amide bonds. The number of hydrogen-bond donors (Lipinski definition) is 1. The number of carbonyl (C=O) groups excluding carboxylic acids is 1. The van der Waals surface area contributed by atoms with Gasteiger partial charge in [-0.3, -0.25) is 4.79 Å². The van der Waals surface area contributed by atoms with Crippen molar-refractivity contribution in [2.45, 2.75) is 0 Å². The fraction of sp³-hybridized carbons (Fsp3) is 0.154. The Labute approximate surface area is 192 Å². The normalized spacial score (nSPS) is 13.6. The number of aromatic nitrogens is 3. The fourth-order valence-electron chi connectivity index (χ4n) is 3.87. The second kappa shape index (κ2) is 9.48. The predicted octanol–water partition coefficient (Wildman–Crippen LogP) is 4.12. The lowest BCUT2D eigenvalue weighted by Crippen LogP contribution is -2.47. The summed E-state index contributed by atoms with van der Waals surface area (Å²) in [6.45, 7) is 3.35. The molecule has 7 nitrogen and oxygen atoms in total. The number of anilines is 3. The summed E-state index contributed by atoms with van der Waals surface area (Å²) >= 11 is 0. The Morgan fingerprint density at radius 2 is 1.33 bits per heavy atom. The van der Waals surface area contributed by atoms with Crippen LogP contribution in [0, 0.1) is 0 Å². The third-order valence-electron chi connectivity index (χ3n) is 5.69. The summed E-state index contributed by atoms with van der Waals surface area (Å²) in [5, 5.41) is 2.88. The lowest BCUT2D eigenvalue weighted by atomic mass is 10.0. The van der Waals surface area contributed by atoms with E-state index in [1.54, 1.807) is 12.4 Å². The summed E-state index contributed by atoms with van der Waals surface area (Å²) in [7, 11) is 0. The summed E-state index contributed by atoms with van der Waals surface area (Å²) in [6.07, 6.45) is 5.13. The summed E-state index contributed by atoms with van der Waals surface area (Å²) in [5.41, 5.74) is 3.35. The van der Waals surface area contributed by atoms with Gasteiger partial charge >= 0.3 is 0 Å². The number of pyridine rings is 1. The van der Waals surface area contributed by atoms with Crippen molar-refractivity contribution in [1.29, 1.82) is 0 Å². The van der Waals surface area contributed by atoms with Gasteiger partial charge in [-0.05, 0) is 35.4 Å². The third kappa shape index (κ3) is 4.82. The zero-order valence-electron chi connectivity index (χ0n) is 18.1. The van der Waals surface area contributed by atoms with Gasteiger partial charge in [0.15, 0.2) is 0 Å². The van der Waals surface area contributed by atoms with E-state index < -0.39 is 0 Å². The number of rotatable bonds is 5. The van der Waals surface area contributed by atoms with E-state index in [9.17, 15) is 4.79 Å². The fourth-order valence-corrected chi connectivity index (χ4v) is 3.87. The molecule has 0 aliphatic carbocycles. The van der Waals surface area contributed by atoms with E-state index in [0.29, 0.717) is 17.2 Å². The van der Waals surface area contributed by atoms with Gasteiger partial charge in [-0.15, -0.1) is 0 Å². The van der Waals surface area contributed by atoms with Crippen LogP contribution in [0.2, 0.25) is 0 Å². The maximum atomic E-state index is 12.6. The van der Waals surface area contributed by atoms with Gasteiger partial charge in [-0.1, -0.05) is 48.5 Å². The van der Waals surface area contributed by atoms with Gasteiger partial charge in [-0.2, -0.15) is 0 Å². The molecule has 0 spiro atoms. The van der Waals surface area contributed by atoms with E-state index in [2.05, 4.69) is 30.1 Å². The van der Waals surface area contributed by atoms with Crippen LogP contribution in [0.15, 0.2) is 91.4 Å². The lowest BCUT2D eigenvalue weighted by molar-refractivity contribution is 0.102. The van der Waals surface area contributed by atoms with Crippen molar-refractivity contribution >= 4 is 23.4 Å². The van der Waals surface area contributed by atoms with Gasteiger partial charge < -0.3 is 15.1 Å². The quantitative estimate of drug-likeness (QED) is 0.507. The van der Waals surface area contributed by atoms with E-state index in [0.717, 1.165) is 43.1 Å². The van der Waals surface area contributed by atoms with Crippen molar-refractivity contribution in [3.05, 3.63) is 97.0 Å². The van der Waals surface area contributed by atoms with Crippen LogP contribution in [0.3, 0.4) is 0 Å². The second-order valence-electron chi connectivity index (χ2n) is 7.83. The first kappa shape index (κ1) is 20.6. The van der Waals surface area contributed by atoms with Crippen LogP contribution < -0.4 is 15.1 Å². The first-order chi connectivity index (χ1) is 16.3. The van der Waals surface area contributed by atoms with Crippen LogP contribution in [0.1, 0.15) is 10.4 Å². The van der Waals surface area contributed by atoms with Crippen LogP contribution in [0.25, 0.3) is 11.1 Å². The number of benzene rings is 2. The number of piperazine rings is 1. The van der Waals surface area contributed by atoms with Gasteiger partial charge in [0.1, 0.15) is 5.82 Å². The molecule has 1 aliphatic rings. The Morgan fingerprint density at radius 3 is 2.00 bits per heavy atom. The molecule has 0 unspecified atom stereocenters. The minimum Gasteiger partial charge on any atom is -0.353 e. The number of carbonyl (C=O) groups is 1. The molecule has 0 saturated carbocycles. The van der Waals surface area contributed by atoms with Gasteiger partial charge in [0.2, 0.25) is 5.95 Å². The molecule has 0 atom stereocenters. The van der Waals surface area contributed by atoms with Gasteiger partial charge in [0, 0.05) is 37.9 Å². The summed E-state index contributed by atoms with van der Waals surface area (Å²) in [5.74, 6) is 1.48. The van der Waals surface area contributed by atoms with Crippen LogP contribution >= 0.6 is 0 Å². The average Bonchev–Trinajstić information content (AvgIpc) is 2.90. The highest BCUT2D eigenvalue weighted by molar-refractivity contribution is 6.04. The SMILES string of the molecule is O=C(Nc1cnc(N2CCN(c3ccccn3)CC2)nc1)c1ccc(-c2ccccc2)cc1. The van der Waals surface area contributed by atoms with Crippen LogP contribution in [0.5, 0.6) is 0 Å². The largest absolute Gasteiger partial charge is 0.353 e. The van der Waals surface area contributed by atoms with Crippen LogP contribution in [-0.4, -0.2) is 47.0 Å². The molecule has 1 aliphatic heterocycles. The molecule has 5 rings (SSSR count). The van der Waals surface area contributed by atoms with Crippen molar-refractivity contribution in [1.82, 2.24) is 15.0 Å². The number of nitrogens with zero attached hydrogens (tertiary/aromatic N) is 5. The first-order valence-corrected chi connectivity index (χ1v) is 11.0. The Morgan fingerprint density at radius 1 is 0.697 bits per heavy atom. The van der Waals surface area contributed by atoms with Crippen molar-refractivity contribution < 1.29 is 4.79 Å². The van der Waals surface area contributed by atoms with Gasteiger partial charge in [0.05, 0.1) is 18.1 Å². The van der Waals surface area contributed by atoms with Crippen LogP contribution in [-0.2, 0) is 0 Å². The standard InChI is InChI=1S/C26H24N6O/c33-25(22-11-9-21(10-12-22)20-6-2-1-3-7-20)30-23-18-28-26(29-19-23)32-16-14-31(15-17-32)24-8-4-5-13-27-24/h1-13,18-19H,14-17H2,(H,30,33). The predicted molar refractivity (Wildman–Crippen MR) is 131 cm³/mol. The minimum absolute atomic E-state index is 0.185. The smallest absolute Gasteiger partial charge is 0.255 e. The average molecular weight is 437 g/mol. The molecule has 33 heavy (non-hydrogen) atoms. The molecule has 1 N–H and O–H groups in total. The summed E-state index contributed by atoms with van der Waals surface area (Å²) in [6, 6.07) is 23.6. The van der Waals surface area contributed by atoms with Gasteiger partial charge in [0.25, 0.3) is 5.91 Å².